The van der Waals surface area contributed by atoms with Crippen LogP contribution in [0.5, 0.6) is 11.5 Å². The Bertz CT molecular complexity index is 470. The van der Waals surface area contributed by atoms with Gasteiger partial charge in [0.25, 0.3) is 0 Å². The SMILES string of the molecule is O=S(=O)(O)Nc1ccc2c(c1)OCCO2. The first kappa shape index (κ1) is 10.1. The highest BCUT2D eigenvalue weighted by Gasteiger charge is 2.13. The van der Waals surface area contributed by atoms with Crippen LogP contribution in [0, 0.1) is 0 Å². The molecule has 1 aliphatic heterocycles. The molecule has 0 saturated heterocycles. The molecule has 0 spiro atoms. The van der Waals surface area contributed by atoms with Crippen LogP contribution in [0.25, 0.3) is 0 Å². The molecule has 0 saturated carbocycles. The number of rotatable bonds is 2. The van der Waals surface area contributed by atoms with Gasteiger partial charge >= 0.3 is 10.3 Å². The molecule has 0 radical (unpaired) electrons. The first-order valence-electron chi connectivity index (χ1n) is 4.19. The van der Waals surface area contributed by atoms with Crippen molar-refractivity contribution in [2.24, 2.45) is 0 Å². The summed E-state index contributed by atoms with van der Waals surface area (Å²) in [7, 11) is -4.25. The van der Waals surface area contributed by atoms with Crippen molar-refractivity contribution in [3.8, 4) is 11.5 Å². The molecule has 1 aromatic rings. The maximum absolute atomic E-state index is 10.5. The number of anilines is 1. The second-order valence-corrected chi connectivity index (χ2v) is 4.09. The second kappa shape index (κ2) is 3.59. The van der Waals surface area contributed by atoms with Gasteiger partial charge in [-0.3, -0.25) is 9.27 Å². The first-order valence-corrected chi connectivity index (χ1v) is 5.63. The van der Waals surface area contributed by atoms with E-state index in [9.17, 15) is 8.42 Å². The van der Waals surface area contributed by atoms with Crippen molar-refractivity contribution in [2.75, 3.05) is 17.9 Å². The molecular weight excluding hydrogens is 222 g/mol. The van der Waals surface area contributed by atoms with Crippen molar-refractivity contribution in [3.63, 3.8) is 0 Å². The lowest BCUT2D eigenvalue weighted by Gasteiger charge is -2.18. The summed E-state index contributed by atoms with van der Waals surface area (Å²) in [4.78, 5) is 0. The summed E-state index contributed by atoms with van der Waals surface area (Å²) >= 11 is 0. The Morgan fingerprint density at radius 1 is 1.20 bits per heavy atom. The predicted molar refractivity (Wildman–Crippen MR) is 52.6 cm³/mol. The number of ether oxygens (including phenoxy) is 2. The van der Waals surface area contributed by atoms with E-state index in [2.05, 4.69) is 0 Å². The summed E-state index contributed by atoms with van der Waals surface area (Å²) in [5.74, 6) is 1.01. The molecule has 0 fully saturated rings. The predicted octanol–water partition coefficient (Wildman–Crippen LogP) is 0.673. The number of hydrogen-bond acceptors (Lipinski definition) is 4. The van der Waals surface area contributed by atoms with Gasteiger partial charge in [0, 0.05) is 6.07 Å². The van der Waals surface area contributed by atoms with Crippen molar-refractivity contribution < 1.29 is 22.4 Å². The van der Waals surface area contributed by atoms with Crippen LogP contribution in [0.4, 0.5) is 5.69 Å². The van der Waals surface area contributed by atoms with Crippen LogP contribution < -0.4 is 14.2 Å². The Morgan fingerprint density at radius 3 is 2.53 bits per heavy atom. The monoisotopic (exact) mass is 231 g/mol. The van der Waals surface area contributed by atoms with E-state index in [1.165, 1.54) is 12.1 Å². The zero-order valence-corrected chi connectivity index (χ0v) is 8.45. The third-order valence-electron chi connectivity index (χ3n) is 1.79. The van der Waals surface area contributed by atoms with Gasteiger partial charge in [-0.1, -0.05) is 0 Å². The maximum Gasteiger partial charge on any atom is 0.357 e. The standard InChI is InChI=1S/C8H9NO5S/c10-15(11,12)9-6-1-2-7-8(5-6)14-4-3-13-7/h1-2,5,9H,3-4H2,(H,10,11,12). The van der Waals surface area contributed by atoms with Crippen LogP contribution in [-0.2, 0) is 10.3 Å². The van der Waals surface area contributed by atoms with Crippen LogP contribution in [0.2, 0.25) is 0 Å². The Morgan fingerprint density at radius 2 is 1.87 bits per heavy atom. The van der Waals surface area contributed by atoms with Gasteiger partial charge in [0.1, 0.15) is 13.2 Å². The average Bonchev–Trinajstić information content (AvgIpc) is 2.15. The molecule has 7 heteroatoms. The molecule has 0 aliphatic carbocycles. The van der Waals surface area contributed by atoms with Gasteiger partial charge < -0.3 is 9.47 Å². The second-order valence-electron chi connectivity index (χ2n) is 2.94. The highest BCUT2D eigenvalue weighted by molar-refractivity contribution is 7.87. The van der Waals surface area contributed by atoms with Gasteiger partial charge in [-0.05, 0) is 12.1 Å². The molecule has 1 aliphatic rings. The number of hydrogen-bond donors (Lipinski definition) is 2. The molecule has 0 aromatic heterocycles. The molecule has 0 unspecified atom stereocenters. The maximum atomic E-state index is 10.5. The van der Waals surface area contributed by atoms with Crippen LogP contribution >= 0.6 is 0 Å². The van der Waals surface area contributed by atoms with Crippen molar-refractivity contribution in [1.82, 2.24) is 0 Å². The minimum absolute atomic E-state index is 0.224. The van der Waals surface area contributed by atoms with Crippen molar-refractivity contribution in [1.29, 1.82) is 0 Å². The van der Waals surface area contributed by atoms with Crippen LogP contribution in [0.1, 0.15) is 0 Å². The fourth-order valence-electron chi connectivity index (χ4n) is 1.26. The summed E-state index contributed by atoms with van der Waals surface area (Å²) < 4.78 is 42.1. The molecule has 0 atom stereocenters. The lowest BCUT2D eigenvalue weighted by atomic mass is 10.3. The average molecular weight is 231 g/mol. The first-order chi connectivity index (χ1) is 7.04. The molecule has 1 heterocycles. The number of fused-ring (bicyclic) bond motifs is 1. The summed E-state index contributed by atoms with van der Waals surface area (Å²) in [6, 6.07) is 4.49. The van der Waals surface area contributed by atoms with E-state index in [1.54, 1.807) is 6.07 Å². The van der Waals surface area contributed by atoms with Crippen molar-refractivity contribution >= 4 is 16.0 Å². The summed E-state index contributed by atoms with van der Waals surface area (Å²) in [5.41, 5.74) is 0.224. The van der Waals surface area contributed by atoms with Gasteiger partial charge in [-0.15, -0.1) is 0 Å². The fourth-order valence-corrected chi connectivity index (χ4v) is 1.68. The molecule has 2 N–H and O–H groups in total. The van der Waals surface area contributed by atoms with Crippen molar-refractivity contribution in [2.45, 2.75) is 0 Å². The van der Waals surface area contributed by atoms with E-state index in [-0.39, 0.29) is 5.69 Å². The van der Waals surface area contributed by atoms with E-state index in [1.807, 2.05) is 4.72 Å². The lowest BCUT2D eigenvalue weighted by molar-refractivity contribution is 0.171. The third kappa shape index (κ3) is 2.51. The molecule has 15 heavy (non-hydrogen) atoms. The fraction of sp³-hybridized carbons (Fsp3) is 0.250. The van der Waals surface area contributed by atoms with E-state index in [0.717, 1.165) is 0 Å². The Labute approximate surface area is 86.7 Å². The molecule has 0 bridgehead atoms. The summed E-state index contributed by atoms with van der Waals surface area (Å²) in [6.45, 7) is 0.889. The summed E-state index contributed by atoms with van der Waals surface area (Å²) in [5, 5.41) is 0. The smallest absolute Gasteiger partial charge is 0.357 e. The third-order valence-corrected chi connectivity index (χ3v) is 2.28. The zero-order valence-electron chi connectivity index (χ0n) is 7.63. The minimum atomic E-state index is -4.25. The number of benzene rings is 1. The molecule has 1 aromatic carbocycles. The Balaban J connectivity index is 2.28. The van der Waals surface area contributed by atoms with Gasteiger partial charge in [0.05, 0.1) is 5.69 Å². The van der Waals surface area contributed by atoms with Crippen LogP contribution in [0.15, 0.2) is 18.2 Å². The molecule has 6 nitrogen and oxygen atoms in total. The topological polar surface area (TPSA) is 84.9 Å². The highest BCUT2D eigenvalue weighted by atomic mass is 32.2. The minimum Gasteiger partial charge on any atom is -0.486 e. The summed E-state index contributed by atoms with van der Waals surface area (Å²) in [6.07, 6.45) is 0. The lowest BCUT2D eigenvalue weighted by Crippen LogP contribution is -2.16. The van der Waals surface area contributed by atoms with E-state index < -0.39 is 10.3 Å². The molecule has 2 rings (SSSR count). The largest absolute Gasteiger partial charge is 0.486 e. The quantitative estimate of drug-likeness (QED) is 0.731. The normalized spacial score (nSPS) is 14.7. The van der Waals surface area contributed by atoms with Gasteiger partial charge in [0.2, 0.25) is 0 Å². The zero-order chi connectivity index (χ0) is 10.9. The van der Waals surface area contributed by atoms with Gasteiger partial charge in [-0.25, -0.2) is 0 Å². The van der Waals surface area contributed by atoms with E-state index in [0.29, 0.717) is 24.7 Å². The molecular formula is C8H9NO5S. The Hall–Kier alpha value is -1.47. The van der Waals surface area contributed by atoms with E-state index in [4.69, 9.17) is 14.0 Å². The number of nitrogens with one attached hydrogen (secondary N) is 1. The molecule has 0 amide bonds. The highest BCUT2D eigenvalue weighted by Crippen LogP contribution is 2.32. The Kier molecular flexibility index (Phi) is 2.41. The van der Waals surface area contributed by atoms with E-state index >= 15 is 0 Å². The van der Waals surface area contributed by atoms with Gasteiger partial charge in [0.15, 0.2) is 11.5 Å². The van der Waals surface area contributed by atoms with Crippen molar-refractivity contribution in [3.05, 3.63) is 18.2 Å². The van der Waals surface area contributed by atoms with Crippen LogP contribution in [0.3, 0.4) is 0 Å². The molecule has 82 valence electrons. The van der Waals surface area contributed by atoms with Gasteiger partial charge in [-0.2, -0.15) is 8.42 Å². The van der Waals surface area contributed by atoms with Crippen LogP contribution in [-0.4, -0.2) is 26.2 Å².